The van der Waals surface area contributed by atoms with Gasteiger partial charge in [0.2, 0.25) is 0 Å². The molecule has 0 bridgehead atoms. The van der Waals surface area contributed by atoms with Crippen LogP contribution in [0.1, 0.15) is 28.4 Å². The third-order valence-corrected chi connectivity index (χ3v) is 4.94. The van der Waals surface area contributed by atoms with E-state index in [1.165, 1.54) is 6.20 Å². The molecule has 2 aliphatic heterocycles. The zero-order valence-corrected chi connectivity index (χ0v) is 13.6. The molecule has 0 radical (unpaired) electrons. The molecular formula is C16H20N6O2. The third-order valence-electron chi connectivity index (χ3n) is 4.94. The standard InChI is InChI=1S/C16H20N6O2/c1-10-19-15(21-20-10)6-14-13-3-5-22(8-12(13)9-24-14)16(23)11-2-4-17-18-7-11/h2,4,7,12-14H,3,5-6,8-9H2,1H3,(H,19,20,21)/t12-,13-,14-/m0/s1. The predicted molar refractivity (Wildman–Crippen MR) is 84.1 cm³/mol. The van der Waals surface area contributed by atoms with E-state index < -0.39 is 0 Å². The molecule has 8 nitrogen and oxygen atoms in total. The van der Waals surface area contributed by atoms with Crippen molar-refractivity contribution in [1.29, 1.82) is 0 Å². The minimum absolute atomic E-state index is 0.0244. The minimum atomic E-state index is 0.0244. The number of H-pyrrole nitrogens is 1. The van der Waals surface area contributed by atoms with Crippen molar-refractivity contribution < 1.29 is 9.53 Å². The van der Waals surface area contributed by atoms with E-state index >= 15 is 0 Å². The van der Waals surface area contributed by atoms with Crippen LogP contribution in [0.3, 0.4) is 0 Å². The van der Waals surface area contributed by atoms with Crippen molar-refractivity contribution in [3.05, 3.63) is 35.7 Å². The number of hydrogen-bond acceptors (Lipinski definition) is 6. The van der Waals surface area contributed by atoms with E-state index in [9.17, 15) is 4.79 Å². The van der Waals surface area contributed by atoms with Gasteiger partial charge in [-0.05, 0) is 25.3 Å². The van der Waals surface area contributed by atoms with Crippen LogP contribution in [-0.2, 0) is 11.2 Å². The van der Waals surface area contributed by atoms with Crippen molar-refractivity contribution in [3.63, 3.8) is 0 Å². The number of fused-ring (bicyclic) bond motifs is 1. The Balaban J connectivity index is 1.40. The van der Waals surface area contributed by atoms with Crippen LogP contribution in [0.2, 0.25) is 0 Å². The highest BCUT2D eigenvalue weighted by molar-refractivity contribution is 5.93. The van der Waals surface area contributed by atoms with Gasteiger partial charge in [0.1, 0.15) is 5.82 Å². The minimum Gasteiger partial charge on any atom is -0.377 e. The molecule has 2 aromatic heterocycles. The third kappa shape index (κ3) is 2.89. The SMILES string of the molecule is Cc1nc(C[C@@H]2OC[C@@H]3CN(C(=O)c4ccnnc4)CC[C@@H]32)n[nH]1. The second kappa shape index (κ2) is 6.27. The molecule has 0 spiro atoms. The molecule has 1 amide bonds. The van der Waals surface area contributed by atoms with Crippen LogP contribution in [0.15, 0.2) is 18.5 Å². The van der Waals surface area contributed by atoms with Crippen LogP contribution >= 0.6 is 0 Å². The van der Waals surface area contributed by atoms with Gasteiger partial charge in [0.15, 0.2) is 5.82 Å². The molecule has 24 heavy (non-hydrogen) atoms. The first kappa shape index (κ1) is 15.2. The van der Waals surface area contributed by atoms with Crippen molar-refractivity contribution in [2.45, 2.75) is 25.9 Å². The average Bonchev–Trinajstić information content (AvgIpc) is 3.21. The van der Waals surface area contributed by atoms with Gasteiger partial charge in [-0.1, -0.05) is 0 Å². The fourth-order valence-corrected chi connectivity index (χ4v) is 3.74. The number of likely N-dealkylation sites (tertiary alicyclic amines) is 1. The van der Waals surface area contributed by atoms with Crippen LogP contribution in [0.4, 0.5) is 0 Å². The van der Waals surface area contributed by atoms with Gasteiger partial charge in [0.25, 0.3) is 5.91 Å². The van der Waals surface area contributed by atoms with E-state index in [0.29, 0.717) is 24.0 Å². The molecule has 0 aliphatic carbocycles. The summed E-state index contributed by atoms with van der Waals surface area (Å²) in [7, 11) is 0. The molecule has 0 saturated carbocycles. The summed E-state index contributed by atoms with van der Waals surface area (Å²) in [4.78, 5) is 18.8. The smallest absolute Gasteiger partial charge is 0.255 e. The zero-order chi connectivity index (χ0) is 16.5. The summed E-state index contributed by atoms with van der Waals surface area (Å²) in [6.45, 7) is 4.06. The Labute approximate surface area is 139 Å². The highest BCUT2D eigenvalue weighted by Gasteiger charge is 2.42. The first-order valence-corrected chi connectivity index (χ1v) is 8.26. The molecule has 4 heterocycles. The van der Waals surface area contributed by atoms with Gasteiger partial charge in [-0.2, -0.15) is 15.3 Å². The van der Waals surface area contributed by atoms with Gasteiger partial charge >= 0.3 is 0 Å². The van der Waals surface area contributed by atoms with E-state index in [1.54, 1.807) is 12.3 Å². The van der Waals surface area contributed by atoms with Crippen molar-refractivity contribution in [2.24, 2.45) is 11.8 Å². The number of nitrogens with one attached hydrogen (secondary N) is 1. The van der Waals surface area contributed by atoms with Gasteiger partial charge in [0.05, 0.1) is 30.7 Å². The number of aryl methyl sites for hydroxylation is 1. The van der Waals surface area contributed by atoms with E-state index in [-0.39, 0.29) is 12.0 Å². The maximum Gasteiger partial charge on any atom is 0.255 e. The lowest BCUT2D eigenvalue weighted by Crippen LogP contribution is -2.44. The molecule has 4 rings (SSSR count). The molecule has 2 saturated heterocycles. The van der Waals surface area contributed by atoms with Crippen LogP contribution in [0.25, 0.3) is 0 Å². The number of rotatable bonds is 3. The number of carbonyl (C=O) groups excluding carboxylic acids is 1. The highest BCUT2D eigenvalue weighted by Crippen LogP contribution is 2.35. The zero-order valence-electron chi connectivity index (χ0n) is 13.6. The molecular weight excluding hydrogens is 308 g/mol. The average molecular weight is 328 g/mol. The molecule has 1 N–H and O–H groups in total. The maximum absolute atomic E-state index is 12.6. The van der Waals surface area contributed by atoms with E-state index in [4.69, 9.17) is 4.74 Å². The van der Waals surface area contributed by atoms with Crippen molar-refractivity contribution in [1.82, 2.24) is 30.3 Å². The Bertz CT molecular complexity index is 718. The topological polar surface area (TPSA) is 96.9 Å². The summed E-state index contributed by atoms with van der Waals surface area (Å²) in [5.41, 5.74) is 0.593. The summed E-state index contributed by atoms with van der Waals surface area (Å²) in [5.74, 6) is 2.49. The lowest BCUT2D eigenvalue weighted by Gasteiger charge is -2.35. The first-order valence-electron chi connectivity index (χ1n) is 8.26. The number of carbonyl (C=O) groups is 1. The molecule has 2 aliphatic rings. The lowest BCUT2D eigenvalue weighted by atomic mass is 9.83. The van der Waals surface area contributed by atoms with Gasteiger partial charge in [-0.25, -0.2) is 4.98 Å². The summed E-state index contributed by atoms with van der Waals surface area (Å²) in [5, 5.41) is 14.6. The predicted octanol–water partition coefficient (Wildman–Crippen LogP) is 0.623. The lowest BCUT2D eigenvalue weighted by molar-refractivity contribution is 0.0609. The summed E-state index contributed by atoms with van der Waals surface area (Å²) >= 11 is 0. The van der Waals surface area contributed by atoms with Gasteiger partial charge in [-0.15, -0.1) is 0 Å². The largest absolute Gasteiger partial charge is 0.377 e. The van der Waals surface area contributed by atoms with Crippen LogP contribution in [0.5, 0.6) is 0 Å². The number of amides is 1. The van der Waals surface area contributed by atoms with Crippen molar-refractivity contribution >= 4 is 5.91 Å². The van der Waals surface area contributed by atoms with E-state index in [1.807, 2.05) is 11.8 Å². The Morgan fingerprint density at radius 1 is 1.46 bits per heavy atom. The number of nitrogens with zero attached hydrogens (tertiary/aromatic N) is 5. The van der Waals surface area contributed by atoms with Crippen LogP contribution in [0, 0.1) is 18.8 Å². The summed E-state index contributed by atoms with van der Waals surface area (Å²) in [6, 6.07) is 1.71. The molecule has 0 unspecified atom stereocenters. The van der Waals surface area contributed by atoms with Crippen molar-refractivity contribution in [2.75, 3.05) is 19.7 Å². The second-order valence-corrected chi connectivity index (χ2v) is 6.51. The molecule has 0 aromatic carbocycles. The van der Waals surface area contributed by atoms with Gasteiger partial charge < -0.3 is 9.64 Å². The molecule has 8 heteroatoms. The van der Waals surface area contributed by atoms with Crippen LogP contribution < -0.4 is 0 Å². The van der Waals surface area contributed by atoms with Gasteiger partial charge in [-0.3, -0.25) is 9.89 Å². The monoisotopic (exact) mass is 328 g/mol. The molecule has 126 valence electrons. The highest BCUT2D eigenvalue weighted by atomic mass is 16.5. The number of aromatic amines is 1. The molecule has 3 atom stereocenters. The van der Waals surface area contributed by atoms with Crippen molar-refractivity contribution in [3.8, 4) is 0 Å². The van der Waals surface area contributed by atoms with Crippen LogP contribution in [-0.4, -0.2) is 62.0 Å². The first-order chi connectivity index (χ1) is 11.7. The maximum atomic E-state index is 12.6. The van der Waals surface area contributed by atoms with E-state index in [0.717, 1.165) is 37.6 Å². The number of aromatic nitrogens is 5. The Kier molecular flexibility index (Phi) is 3.97. The molecule has 2 aromatic rings. The number of piperidine rings is 1. The van der Waals surface area contributed by atoms with Gasteiger partial charge in [0, 0.05) is 25.4 Å². The summed E-state index contributed by atoms with van der Waals surface area (Å²) < 4.78 is 5.99. The second-order valence-electron chi connectivity index (χ2n) is 6.51. The fraction of sp³-hybridized carbons (Fsp3) is 0.562. The Morgan fingerprint density at radius 2 is 2.38 bits per heavy atom. The quantitative estimate of drug-likeness (QED) is 0.887. The number of hydrogen-bond donors (Lipinski definition) is 1. The van der Waals surface area contributed by atoms with E-state index in [2.05, 4.69) is 25.4 Å². The Morgan fingerprint density at radius 3 is 3.12 bits per heavy atom. The fourth-order valence-electron chi connectivity index (χ4n) is 3.74. The molecule has 2 fully saturated rings. The summed E-state index contributed by atoms with van der Waals surface area (Å²) in [6.07, 6.45) is 4.89. The normalized spacial score (nSPS) is 26.4. The Hall–Kier alpha value is -2.35. The number of ether oxygens (including phenoxy) is 1.